The van der Waals surface area contributed by atoms with Crippen LogP contribution >= 0.6 is 11.6 Å². The first kappa shape index (κ1) is 36.9. The first-order chi connectivity index (χ1) is 22.2. The fraction of sp³-hybridized carbons (Fsp3) is 0.645. The van der Waals surface area contributed by atoms with Crippen LogP contribution in [0.1, 0.15) is 90.2 Å². The molecular weight excluding hydrogens is 659 g/mol. The van der Waals surface area contributed by atoms with Crippen molar-refractivity contribution in [2.24, 2.45) is 11.3 Å². The Morgan fingerprint density at radius 3 is 2.29 bits per heavy atom. The molecule has 3 heterocycles. The Morgan fingerprint density at radius 1 is 1.08 bits per heavy atom. The Labute approximate surface area is 281 Å². The van der Waals surface area contributed by atoms with E-state index < -0.39 is 76.7 Å². The van der Waals surface area contributed by atoms with E-state index in [2.05, 4.69) is 35.6 Å². The van der Waals surface area contributed by atoms with Gasteiger partial charge in [-0.05, 0) is 44.6 Å². The van der Waals surface area contributed by atoms with Crippen molar-refractivity contribution >= 4 is 35.2 Å². The maximum absolute atomic E-state index is 14.2. The van der Waals surface area contributed by atoms with Gasteiger partial charge in [-0.15, -0.1) is 0 Å². The van der Waals surface area contributed by atoms with Crippen molar-refractivity contribution in [1.29, 1.82) is 0 Å². The van der Waals surface area contributed by atoms with Crippen LogP contribution in [-0.2, 0) is 15.8 Å². The van der Waals surface area contributed by atoms with Crippen LogP contribution in [0, 0.1) is 11.3 Å². The second-order valence-corrected chi connectivity index (χ2v) is 14.8. The lowest BCUT2D eigenvalue weighted by Crippen LogP contribution is -2.61. The van der Waals surface area contributed by atoms with Crippen LogP contribution in [-0.4, -0.2) is 80.0 Å². The fourth-order valence-electron chi connectivity index (χ4n) is 5.46. The third-order valence-electron chi connectivity index (χ3n) is 8.03. The minimum absolute atomic E-state index is 0.0162. The van der Waals surface area contributed by atoms with Crippen LogP contribution in [0.25, 0.3) is 0 Å². The van der Waals surface area contributed by atoms with Crippen LogP contribution in [0.4, 0.5) is 18.0 Å². The summed E-state index contributed by atoms with van der Waals surface area (Å²) >= 11 is 5.95. The van der Waals surface area contributed by atoms with Gasteiger partial charge in [0, 0.05) is 24.2 Å². The van der Waals surface area contributed by atoms with Gasteiger partial charge in [-0.25, -0.2) is 9.78 Å². The highest BCUT2D eigenvalue weighted by Gasteiger charge is 2.47. The number of likely N-dealkylation sites (tertiary alicyclic amines) is 1. The number of nitrogens with zero attached hydrogens (tertiary/aromatic N) is 4. The normalized spacial score (nSPS) is 20.0. The van der Waals surface area contributed by atoms with Gasteiger partial charge in [-0.2, -0.15) is 18.2 Å². The zero-order valence-electron chi connectivity index (χ0n) is 27.6. The summed E-state index contributed by atoms with van der Waals surface area (Å²) in [7, 11) is 0. The van der Waals surface area contributed by atoms with Gasteiger partial charge in [0.2, 0.25) is 29.3 Å². The molecule has 0 bridgehead atoms. The molecule has 1 saturated carbocycles. The van der Waals surface area contributed by atoms with E-state index in [4.69, 9.17) is 16.3 Å². The van der Waals surface area contributed by atoms with Crippen molar-refractivity contribution in [1.82, 2.24) is 36.0 Å². The third-order valence-corrected chi connectivity index (χ3v) is 8.25. The van der Waals surface area contributed by atoms with Crippen LogP contribution in [0.15, 0.2) is 22.9 Å². The summed E-state index contributed by atoms with van der Waals surface area (Å²) in [6.07, 6.45) is -1.74. The summed E-state index contributed by atoms with van der Waals surface area (Å²) < 4.78 is 49.6. The van der Waals surface area contributed by atoms with E-state index in [9.17, 15) is 32.3 Å². The number of carbonyl (C=O) groups excluding carboxylic acids is 4. The van der Waals surface area contributed by atoms with Crippen molar-refractivity contribution < 1.29 is 41.6 Å². The molecule has 0 spiro atoms. The minimum Gasteiger partial charge on any atom is -0.472 e. The van der Waals surface area contributed by atoms with Gasteiger partial charge in [0.25, 0.3) is 0 Å². The van der Waals surface area contributed by atoms with Crippen molar-refractivity contribution in [2.75, 3.05) is 6.54 Å². The molecule has 0 radical (unpaired) electrons. The van der Waals surface area contributed by atoms with E-state index in [1.807, 2.05) is 0 Å². The topological polar surface area (TPSA) is 169 Å². The summed E-state index contributed by atoms with van der Waals surface area (Å²) in [5, 5.41) is 11.8. The Balaban J connectivity index is 1.61. The highest BCUT2D eigenvalue weighted by Crippen LogP contribution is 2.33. The summed E-state index contributed by atoms with van der Waals surface area (Å²) in [6, 6.07) is -1.04. The zero-order chi connectivity index (χ0) is 35.6. The van der Waals surface area contributed by atoms with Gasteiger partial charge < -0.3 is 30.1 Å². The van der Waals surface area contributed by atoms with Crippen LogP contribution < -0.4 is 20.7 Å². The highest BCUT2D eigenvalue weighted by molar-refractivity contribution is 6.30. The lowest BCUT2D eigenvalue weighted by molar-refractivity contribution is -0.159. The molecule has 1 aliphatic carbocycles. The molecule has 264 valence electrons. The molecule has 4 atom stereocenters. The number of halogens is 4. The minimum atomic E-state index is -4.96. The van der Waals surface area contributed by atoms with E-state index in [1.54, 1.807) is 47.6 Å². The number of urea groups is 1. The Morgan fingerprint density at radius 2 is 1.77 bits per heavy atom. The molecule has 2 aromatic rings. The standard InChI is InChI=1S/C31H41ClF3N7O6/c1-29(2,3)23(38-28(46)40-30(4,5)6)26(45)42-15-18(47-21-11-10-17(32)14-36-21)13-20(42)25(44)37-19(12-16-8-7-9-16)22(43)24-39-27(48-41-24)31(33,34)35/h10-11,14,16,18-20,23H,7-9,12-13,15H2,1-6H3,(H,37,44)(H2,38,40,46)/t18-,19?,20+,23-/m1/s1. The smallest absolute Gasteiger partial charge is 0.471 e. The molecule has 1 unspecified atom stereocenters. The van der Waals surface area contributed by atoms with Gasteiger partial charge in [0.1, 0.15) is 18.2 Å². The molecule has 1 aliphatic heterocycles. The summed E-state index contributed by atoms with van der Waals surface area (Å²) in [4.78, 5) is 63.1. The zero-order valence-corrected chi connectivity index (χ0v) is 28.4. The van der Waals surface area contributed by atoms with Gasteiger partial charge in [0.15, 0.2) is 0 Å². The number of alkyl halides is 3. The van der Waals surface area contributed by atoms with Crippen molar-refractivity contribution in [2.45, 2.75) is 110 Å². The fourth-order valence-corrected chi connectivity index (χ4v) is 5.57. The summed E-state index contributed by atoms with van der Waals surface area (Å²) in [5.74, 6) is -4.51. The lowest BCUT2D eigenvalue weighted by Gasteiger charge is -2.36. The number of Topliss-reactive ketones (excluding diaryl/α,β-unsaturated/α-hetero) is 1. The number of ether oxygens (including phenoxy) is 1. The van der Waals surface area contributed by atoms with Gasteiger partial charge in [-0.1, -0.05) is 56.8 Å². The summed E-state index contributed by atoms with van der Waals surface area (Å²) in [5.41, 5.74) is -1.40. The maximum atomic E-state index is 14.2. The van der Waals surface area contributed by atoms with Crippen molar-refractivity contribution in [3.8, 4) is 5.88 Å². The molecule has 2 fully saturated rings. The van der Waals surface area contributed by atoms with Gasteiger partial charge in [0.05, 0.1) is 17.6 Å². The molecular formula is C31H41ClF3N7O6. The van der Waals surface area contributed by atoms with E-state index in [1.165, 1.54) is 17.2 Å². The number of hydrogen-bond donors (Lipinski definition) is 3. The monoisotopic (exact) mass is 699 g/mol. The summed E-state index contributed by atoms with van der Waals surface area (Å²) in [6.45, 7) is 10.6. The van der Waals surface area contributed by atoms with Crippen LogP contribution in [0.5, 0.6) is 5.88 Å². The van der Waals surface area contributed by atoms with E-state index in [0.29, 0.717) is 5.02 Å². The molecule has 17 heteroatoms. The first-order valence-electron chi connectivity index (χ1n) is 15.6. The van der Waals surface area contributed by atoms with E-state index in [0.717, 1.165) is 19.3 Å². The van der Waals surface area contributed by atoms with Crippen LogP contribution in [0.2, 0.25) is 5.02 Å². The Kier molecular flexibility index (Phi) is 11.0. The number of rotatable bonds is 10. The average molecular weight is 700 g/mol. The lowest BCUT2D eigenvalue weighted by atomic mass is 9.80. The number of hydrogen-bond acceptors (Lipinski definition) is 9. The molecule has 3 N–H and O–H groups in total. The largest absolute Gasteiger partial charge is 0.472 e. The molecule has 13 nitrogen and oxygen atoms in total. The maximum Gasteiger partial charge on any atom is 0.471 e. The molecule has 4 amide bonds. The highest BCUT2D eigenvalue weighted by atomic mass is 35.5. The SMILES string of the molecule is CC(C)(C)NC(=O)N[C@H](C(=O)N1C[C@H](Oc2ccc(Cl)cn2)C[C@H]1C(=O)NC(CC1CCC1)C(=O)c1noc(C(F)(F)F)n1)C(C)(C)C. The van der Waals surface area contributed by atoms with E-state index in [-0.39, 0.29) is 31.2 Å². The number of aromatic nitrogens is 3. The first-order valence-corrected chi connectivity index (χ1v) is 16.0. The molecule has 2 aliphatic rings. The van der Waals surface area contributed by atoms with Gasteiger partial charge in [-0.3, -0.25) is 14.4 Å². The predicted octanol–water partition coefficient (Wildman–Crippen LogP) is 4.56. The van der Waals surface area contributed by atoms with Crippen molar-refractivity contribution in [3.05, 3.63) is 35.1 Å². The average Bonchev–Trinajstić information content (AvgIpc) is 3.60. The number of amides is 4. The van der Waals surface area contributed by atoms with Gasteiger partial charge >= 0.3 is 18.1 Å². The quantitative estimate of drug-likeness (QED) is 0.301. The Bertz CT molecular complexity index is 1480. The molecule has 48 heavy (non-hydrogen) atoms. The number of pyridine rings is 1. The number of ketones is 1. The molecule has 4 rings (SSSR count). The Hall–Kier alpha value is -3.95. The number of nitrogens with one attached hydrogen (secondary N) is 3. The third kappa shape index (κ3) is 9.57. The number of carbonyl (C=O) groups is 4. The predicted molar refractivity (Wildman–Crippen MR) is 166 cm³/mol. The van der Waals surface area contributed by atoms with Crippen LogP contribution in [0.3, 0.4) is 0 Å². The van der Waals surface area contributed by atoms with E-state index >= 15 is 0 Å². The molecule has 2 aromatic heterocycles. The second kappa shape index (κ2) is 14.3. The molecule has 0 aromatic carbocycles. The van der Waals surface area contributed by atoms with Crippen molar-refractivity contribution in [3.63, 3.8) is 0 Å². The molecule has 1 saturated heterocycles. The second-order valence-electron chi connectivity index (χ2n) is 14.3.